The van der Waals surface area contributed by atoms with Crippen molar-refractivity contribution in [2.24, 2.45) is 0 Å². The minimum absolute atomic E-state index is 0.0783. The van der Waals surface area contributed by atoms with Gasteiger partial charge in [0, 0.05) is 11.0 Å². The van der Waals surface area contributed by atoms with E-state index in [2.05, 4.69) is 112 Å². The van der Waals surface area contributed by atoms with Crippen molar-refractivity contribution in [1.82, 2.24) is 19.9 Å². The molecule has 2 heterocycles. The molecule has 2 N–H and O–H groups in total. The number of aromatic amines is 2. The molecule has 35 heavy (non-hydrogen) atoms. The Morgan fingerprint density at radius 3 is 1.74 bits per heavy atom. The third-order valence-electron chi connectivity index (χ3n) is 8.25. The molecule has 0 bridgehead atoms. The molecule has 5 aromatic rings. The zero-order valence-corrected chi connectivity index (χ0v) is 21.8. The summed E-state index contributed by atoms with van der Waals surface area (Å²) in [5.41, 5.74) is 9.21. The van der Waals surface area contributed by atoms with Crippen molar-refractivity contribution in [2.45, 2.75) is 71.6 Å². The second-order valence-electron chi connectivity index (χ2n) is 10.7. The van der Waals surface area contributed by atoms with E-state index in [9.17, 15) is 0 Å². The van der Waals surface area contributed by atoms with Crippen molar-refractivity contribution >= 4 is 22.1 Å². The van der Waals surface area contributed by atoms with Crippen molar-refractivity contribution in [1.29, 1.82) is 0 Å². The quantitative estimate of drug-likeness (QED) is 0.253. The maximum atomic E-state index is 4.90. The smallest absolute Gasteiger partial charge is 0.138 e. The van der Waals surface area contributed by atoms with Gasteiger partial charge in [0.05, 0.1) is 22.1 Å². The van der Waals surface area contributed by atoms with Crippen LogP contribution in [0.1, 0.15) is 72.2 Å². The summed E-state index contributed by atoms with van der Waals surface area (Å²) in [5.74, 6) is 1.99. The molecule has 3 aromatic carbocycles. The fourth-order valence-corrected chi connectivity index (χ4v) is 4.67. The monoisotopic (exact) mass is 464 g/mol. The number of hydrogen-bond donors (Lipinski definition) is 2. The highest BCUT2D eigenvalue weighted by molar-refractivity contribution is 5.87. The summed E-state index contributed by atoms with van der Waals surface area (Å²) in [4.78, 5) is 16.9. The lowest BCUT2D eigenvalue weighted by Crippen LogP contribution is -2.21. The van der Waals surface area contributed by atoms with Gasteiger partial charge < -0.3 is 9.97 Å². The van der Waals surface area contributed by atoms with E-state index in [1.54, 1.807) is 0 Å². The van der Waals surface area contributed by atoms with Crippen molar-refractivity contribution in [2.75, 3.05) is 0 Å². The van der Waals surface area contributed by atoms with E-state index in [1.165, 1.54) is 16.7 Å². The van der Waals surface area contributed by atoms with Gasteiger partial charge in [-0.25, -0.2) is 9.97 Å². The lowest BCUT2D eigenvalue weighted by molar-refractivity contribution is 0.416. The van der Waals surface area contributed by atoms with E-state index in [-0.39, 0.29) is 10.8 Å². The van der Waals surface area contributed by atoms with E-state index < -0.39 is 0 Å². The second kappa shape index (κ2) is 8.67. The molecule has 0 atom stereocenters. The van der Waals surface area contributed by atoms with E-state index in [0.717, 1.165) is 58.5 Å². The van der Waals surface area contributed by atoms with E-state index in [0.29, 0.717) is 0 Å². The summed E-state index contributed by atoms with van der Waals surface area (Å²) >= 11 is 0. The molecule has 0 radical (unpaired) electrons. The van der Waals surface area contributed by atoms with Gasteiger partial charge in [-0.2, -0.15) is 0 Å². The molecule has 0 saturated heterocycles. The first-order chi connectivity index (χ1) is 16.8. The number of aromatic nitrogens is 4. The highest BCUT2D eigenvalue weighted by Crippen LogP contribution is 2.33. The number of rotatable bonds is 7. The first-order valence-electron chi connectivity index (χ1n) is 12.9. The SMILES string of the molecule is CCC(C)(C)c1ccc(-c2nc3ccc(-c4ccc5nc(C(C)(CC)CC)[nH]c5c4)cc3[nH]2)cc1. The zero-order chi connectivity index (χ0) is 24.8. The van der Waals surface area contributed by atoms with Gasteiger partial charge in [0.25, 0.3) is 0 Å². The Bertz CT molecular complexity index is 1480. The van der Waals surface area contributed by atoms with Crippen LogP contribution in [0.3, 0.4) is 0 Å². The van der Waals surface area contributed by atoms with Crippen LogP contribution in [-0.4, -0.2) is 19.9 Å². The third kappa shape index (κ3) is 4.16. The molecule has 0 amide bonds. The standard InChI is InChI=1S/C31H36N4/c1-7-30(4,5)23-14-10-20(11-15-23)28-32-24-16-12-21(18-26(24)33-28)22-13-17-25-27(19-22)35-29(34-25)31(6,8-2)9-3/h10-19H,7-9H2,1-6H3,(H,32,33)(H,34,35). The molecular weight excluding hydrogens is 428 g/mol. The molecule has 180 valence electrons. The highest BCUT2D eigenvalue weighted by Gasteiger charge is 2.26. The molecule has 0 aliphatic carbocycles. The molecule has 2 aromatic heterocycles. The summed E-state index contributed by atoms with van der Waals surface area (Å²) in [7, 11) is 0. The first-order valence-corrected chi connectivity index (χ1v) is 12.9. The predicted octanol–water partition coefficient (Wildman–Crippen LogP) is 8.54. The number of nitrogens with one attached hydrogen (secondary N) is 2. The van der Waals surface area contributed by atoms with E-state index in [4.69, 9.17) is 9.97 Å². The van der Waals surface area contributed by atoms with Gasteiger partial charge in [0.15, 0.2) is 0 Å². The number of nitrogens with zero attached hydrogens (tertiary/aromatic N) is 2. The lowest BCUT2D eigenvalue weighted by Gasteiger charge is -2.23. The fourth-order valence-electron chi connectivity index (χ4n) is 4.67. The normalized spacial score (nSPS) is 12.6. The Morgan fingerprint density at radius 1 is 0.629 bits per heavy atom. The van der Waals surface area contributed by atoms with Crippen LogP contribution in [0.15, 0.2) is 60.7 Å². The van der Waals surface area contributed by atoms with Crippen molar-refractivity contribution in [3.05, 3.63) is 72.1 Å². The van der Waals surface area contributed by atoms with Gasteiger partial charge in [0.2, 0.25) is 0 Å². The van der Waals surface area contributed by atoms with Crippen LogP contribution in [0, 0.1) is 0 Å². The molecule has 0 unspecified atom stereocenters. The Labute approximate surface area is 208 Å². The number of fused-ring (bicyclic) bond motifs is 2. The van der Waals surface area contributed by atoms with Crippen molar-refractivity contribution < 1.29 is 0 Å². The molecule has 5 rings (SSSR count). The minimum Gasteiger partial charge on any atom is -0.341 e. The third-order valence-corrected chi connectivity index (χ3v) is 8.25. The van der Waals surface area contributed by atoms with Crippen molar-refractivity contribution in [3.63, 3.8) is 0 Å². The topological polar surface area (TPSA) is 57.4 Å². The maximum Gasteiger partial charge on any atom is 0.138 e. The zero-order valence-electron chi connectivity index (χ0n) is 21.8. The van der Waals surface area contributed by atoms with Crippen LogP contribution in [-0.2, 0) is 10.8 Å². The van der Waals surface area contributed by atoms with Crippen LogP contribution in [0.2, 0.25) is 0 Å². The Kier molecular flexibility index (Phi) is 5.79. The number of hydrogen-bond acceptors (Lipinski definition) is 2. The number of benzene rings is 3. The van der Waals surface area contributed by atoms with Crippen LogP contribution in [0.4, 0.5) is 0 Å². The average molecular weight is 465 g/mol. The van der Waals surface area contributed by atoms with Gasteiger partial charge in [-0.15, -0.1) is 0 Å². The largest absolute Gasteiger partial charge is 0.341 e. The highest BCUT2D eigenvalue weighted by atomic mass is 14.9. The predicted molar refractivity (Wildman–Crippen MR) is 148 cm³/mol. The van der Waals surface area contributed by atoms with Crippen LogP contribution in [0.25, 0.3) is 44.6 Å². The molecule has 0 saturated carbocycles. The van der Waals surface area contributed by atoms with E-state index in [1.807, 2.05) is 0 Å². The molecule has 4 nitrogen and oxygen atoms in total. The molecule has 0 spiro atoms. The summed E-state index contributed by atoms with van der Waals surface area (Å²) in [6.45, 7) is 13.6. The average Bonchev–Trinajstić information content (AvgIpc) is 3.52. The molecule has 4 heteroatoms. The Hall–Kier alpha value is -3.40. The van der Waals surface area contributed by atoms with Crippen LogP contribution < -0.4 is 0 Å². The van der Waals surface area contributed by atoms with Gasteiger partial charge in [-0.05, 0) is 65.6 Å². The molecule has 0 aliphatic rings. The Balaban J connectivity index is 1.47. The van der Waals surface area contributed by atoms with Crippen LogP contribution >= 0.6 is 0 Å². The number of H-pyrrole nitrogens is 2. The summed E-state index contributed by atoms with van der Waals surface area (Å²) in [5, 5.41) is 0. The molecule has 0 aliphatic heterocycles. The van der Waals surface area contributed by atoms with Gasteiger partial charge in [-0.1, -0.05) is 77.9 Å². The van der Waals surface area contributed by atoms with Crippen molar-refractivity contribution in [3.8, 4) is 22.5 Å². The van der Waals surface area contributed by atoms with E-state index >= 15 is 0 Å². The fraction of sp³-hybridized carbons (Fsp3) is 0.355. The summed E-state index contributed by atoms with van der Waals surface area (Å²) < 4.78 is 0. The Morgan fingerprint density at radius 2 is 1.17 bits per heavy atom. The summed E-state index contributed by atoms with van der Waals surface area (Å²) in [6, 6.07) is 21.8. The summed E-state index contributed by atoms with van der Waals surface area (Å²) in [6.07, 6.45) is 3.24. The first kappa shape index (κ1) is 23.3. The lowest BCUT2D eigenvalue weighted by atomic mass is 9.82. The van der Waals surface area contributed by atoms with Gasteiger partial charge in [0.1, 0.15) is 11.6 Å². The molecule has 0 fully saturated rings. The number of imidazole rings is 2. The molecular formula is C31H36N4. The van der Waals surface area contributed by atoms with Gasteiger partial charge >= 0.3 is 0 Å². The maximum absolute atomic E-state index is 4.90. The van der Waals surface area contributed by atoms with Crippen LogP contribution in [0.5, 0.6) is 0 Å². The second-order valence-corrected chi connectivity index (χ2v) is 10.7. The van der Waals surface area contributed by atoms with Gasteiger partial charge in [-0.3, -0.25) is 0 Å². The minimum atomic E-state index is 0.0783.